The lowest BCUT2D eigenvalue weighted by molar-refractivity contribution is 0.194. The molecule has 6 nitrogen and oxygen atoms in total. The van der Waals surface area contributed by atoms with Crippen molar-refractivity contribution in [2.75, 3.05) is 25.0 Å². The zero-order chi connectivity index (χ0) is 20.1. The minimum atomic E-state index is 0.0304. The zero-order valence-electron chi connectivity index (χ0n) is 16.4. The van der Waals surface area contributed by atoms with E-state index in [9.17, 15) is 0 Å². The predicted molar refractivity (Wildman–Crippen MR) is 113 cm³/mol. The van der Waals surface area contributed by atoms with Gasteiger partial charge < -0.3 is 15.4 Å². The van der Waals surface area contributed by atoms with E-state index in [0.717, 1.165) is 48.6 Å². The van der Waals surface area contributed by atoms with E-state index in [0.29, 0.717) is 11.4 Å². The average Bonchev–Trinajstić information content (AvgIpc) is 2.77. The smallest absolute Gasteiger partial charge is 0.237 e. The first-order chi connectivity index (χ1) is 14.2. The first-order valence-corrected chi connectivity index (χ1v) is 9.74. The molecule has 0 unspecified atom stereocenters. The first-order valence-electron chi connectivity index (χ1n) is 9.74. The Morgan fingerprint density at radius 1 is 1.14 bits per heavy atom. The Morgan fingerprint density at radius 3 is 2.72 bits per heavy atom. The highest BCUT2D eigenvalue weighted by molar-refractivity contribution is 5.69. The van der Waals surface area contributed by atoms with E-state index in [1.165, 1.54) is 5.56 Å². The molecule has 0 spiro atoms. The Balaban J connectivity index is 1.28. The molecule has 1 aliphatic rings. The number of rotatable bonds is 6. The summed E-state index contributed by atoms with van der Waals surface area (Å²) >= 11 is 0. The standard InChI is InChI=1S/C23H23N5O/c1-16-2-7-19(12-26-16)20-10-22-23(28-13-20)29-21(15-27-22)14-25-9-8-17-3-5-18(11-24)6-4-17/h2-7,10,12-13,21,25,27H,8-9,14-15H2,1H3/t21-/m1/s1. The minimum absolute atomic E-state index is 0.0304. The summed E-state index contributed by atoms with van der Waals surface area (Å²) in [5, 5.41) is 15.7. The van der Waals surface area contributed by atoms with Gasteiger partial charge in [-0.2, -0.15) is 5.26 Å². The van der Waals surface area contributed by atoms with Crippen LogP contribution in [0.15, 0.2) is 54.9 Å². The highest BCUT2D eigenvalue weighted by Crippen LogP contribution is 2.31. The van der Waals surface area contributed by atoms with Gasteiger partial charge in [0, 0.05) is 35.8 Å². The van der Waals surface area contributed by atoms with Gasteiger partial charge in [0.05, 0.1) is 23.9 Å². The number of benzene rings is 1. The second kappa shape index (κ2) is 8.72. The largest absolute Gasteiger partial charge is 0.470 e. The number of hydrogen-bond acceptors (Lipinski definition) is 6. The minimum Gasteiger partial charge on any atom is -0.470 e. The van der Waals surface area contributed by atoms with Gasteiger partial charge in [-0.25, -0.2) is 4.98 Å². The summed E-state index contributed by atoms with van der Waals surface area (Å²) in [4.78, 5) is 8.84. The fourth-order valence-corrected chi connectivity index (χ4v) is 3.25. The zero-order valence-corrected chi connectivity index (χ0v) is 16.4. The van der Waals surface area contributed by atoms with Crippen molar-refractivity contribution in [2.24, 2.45) is 0 Å². The third-order valence-corrected chi connectivity index (χ3v) is 4.94. The number of fused-ring (bicyclic) bond motifs is 1. The van der Waals surface area contributed by atoms with E-state index < -0.39 is 0 Å². The van der Waals surface area contributed by atoms with Gasteiger partial charge in [0.2, 0.25) is 5.88 Å². The maximum absolute atomic E-state index is 8.85. The van der Waals surface area contributed by atoms with E-state index in [2.05, 4.69) is 38.8 Å². The molecule has 3 aromatic rings. The Hall–Kier alpha value is -3.43. The van der Waals surface area contributed by atoms with Crippen molar-refractivity contribution in [3.63, 3.8) is 0 Å². The Bertz CT molecular complexity index is 1010. The third-order valence-electron chi connectivity index (χ3n) is 4.94. The number of ether oxygens (including phenoxy) is 1. The molecular formula is C23H23N5O. The molecule has 146 valence electrons. The number of nitriles is 1. The number of anilines is 1. The lowest BCUT2D eigenvalue weighted by atomic mass is 10.1. The maximum atomic E-state index is 8.85. The van der Waals surface area contributed by atoms with Crippen LogP contribution in [0.5, 0.6) is 5.88 Å². The molecule has 2 N–H and O–H groups in total. The quantitative estimate of drug-likeness (QED) is 0.634. The molecule has 2 aromatic heterocycles. The molecule has 0 fully saturated rings. The molecule has 0 bridgehead atoms. The van der Waals surface area contributed by atoms with Crippen molar-refractivity contribution in [3.05, 3.63) is 71.7 Å². The molecule has 1 aliphatic heterocycles. The van der Waals surface area contributed by atoms with Gasteiger partial charge in [-0.1, -0.05) is 18.2 Å². The summed E-state index contributed by atoms with van der Waals surface area (Å²) in [7, 11) is 0. The van der Waals surface area contributed by atoms with E-state index in [4.69, 9.17) is 10.00 Å². The Kier molecular flexibility index (Phi) is 5.68. The van der Waals surface area contributed by atoms with Crippen molar-refractivity contribution < 1.29 is 4.74 Å². The number of nitrogens with zero attached hydrogens (tertiary/aromatic N) is 3. The van der Waals surface area contributed by atoms with E-state index in [1.54, 1.807) is 0 Å². The second-order valence-corrected chi connectivity index (χ2v) is 7.15. The number of aryl methyl sites for hydroxylation is 1. The monoisotopic (exact) mass is 385 g/mol. The SMILES string of the molecule is Cc1ccc(-c2cnc3c(c2)NC[C@@H](CNCCc2ccc(C#N)cc2)O3)cn1. The van der Waals surface area contributed by atoms with Crippen LogP contribution < -0.4 is 15.4 Å². The molecule has 1 aromatic carbocycles. The molecule has 0 radical (unpaired) electrons. The van der Waals surface area contributed by atoms with Crippen molar-refractivity contribution in [3.8, 4) is 23.1 Å². The van der Waals surface area contributed by atoms with Crippen LogP contribution in [-0.4, -0.2) is 35.7 Å². The van der Waals surface area contributed by atoms with Gasteiger partial charge >= 0.3 is 0 Å². The summed E-state index contributed by atoms with van der Waals surface area (Å²) in [6.07, 6.45) is 4.63. The van der Waals surface area contributed by atoms with E-state index >= 15 is 0 Å². The molecule has 29 heavy (non-hydrogen) atoms. The molecule has 0 aliphatic carbocycles. The lowest BCUT2D eigenvalue weighted by Crippen LogP contribution is -2.40. The molecular weight excluding hydrogens is 362 g/mol. The number of aromatic nitrogens is 2. The van der Waals surface area contributed by atoms with Gasteiger partial charge in [-0.05, 0) is 49.7 Å². The fourth-order valence-electron chi connectivity index (χ4n) is 3.25. The summed E-state index contributed by atoms with van der Waals surface area (Å²) in [5.74, 6) is 0.638. The van der Waals surface area contributed by atoms with Crippen LogP contribution in [-0.2, 0) is 6.42 Å². The Morgan fingerprint density at radius 2 is 1.97 bits per heavy atom. The van der Waals surface area contributed by atoms with Gasteiger partial charge in [0.15, 0.2) is 0 Å². The third kappa shape index (κ3) is 4.71. The molecule has 3 heterocycles. The normalized spacial score (nSPS) is 15.0. The topological polar surface area (TPSA) is 82.9 Å². The molecule has 0 amide bonds. The summed E-state index contributed by atoms with van der Waals surface area (Å²) in [6.45, 7) is 4.30. The average molecular weight is 385 g/mol. The molecule has 4 rings (SSSR count). The highest BCUT2D eigenvalue weighted by atomic mass is 16.5. The van der Waals surface area contributed by atoms with Crippen LogP contribution in [0.4, 0.5) is 5.69 Å². The predicted octanol–water partition coefficient (Wildman–Crippen LogP) is 3.33. The van der Waals surface area contributed by atoms with Crippen LogP contribution >= 0.6 is 0 Å². The Labute approximate surface area is 170 Å². The van der Waals surface area contributed by atoms with Gasteiger partial charge in [0.1, 0.15) is 6.10 Å². The lowest BCUT2D eigenvalue weighted by Gasteiger charge is -2.27. The van der Waals surface area contributed by atoms with Crippen LogP contribution in [0.1, 0.15) is 16.8 Å². The fraction of sp³-hybridized carbons (Fsp3) is 0.261. The van der Waals surface area contributed by atoms with E-state index in [-0.39, 0.29) is 6.10 Å². The summed E-state index contributed by atoms with van der Waals surface area (Å²) in [5.41, 5.74) is 5.87. The van der Waals surface area contributed by atoms with Crippen molar-refractivity contribution in [1.29, 1.82) is 5.26 Å². The molecule has 0 saturated carbocycles. The maximum Gasteiger partial charge on any atom is 0.237 e. The number of hydrogen-bond donors (Lipinski definition) is 2. The number of nitrogens with one attached hydrogen (secondary N) is 2. The van der Waals surface area contributed by atoms with Crippen molar-refractivity contribution in [2.45, 2.75) is 19.4 Å². The van der Waals surface area contributed by atoms with Gasteiger partial charge in [-0.15, -0.1) is 0 Å². The molecule has 0 saturated heterocycles. The van der Waals surface area contributed by atoms with Gasteiger partial charge in [0.25, 0.3) is 0 Å². The second-order valence-electron chi connectivity index (χ2n) is 7.15. The summed E-state index contributed by atoms with van der Waals surface area (Å²) < 4.78 is 6.04. The van der Waals surface area contributed by atoms with Crippen LogP contribution in [0.25, 0.3) is 11.1 Å². The first kappa shape index (κ1) is 18.9. The highest BCUT2D eigenvalue weighted by Gasteiger charge is 2.20. The molecule has 6 heteroatoms. The van der Waals surface area contributed by atoms with Crippen LogP contribution in [0, 0.1) is 18.3 Å². The number of pyridine rings is 2. The van der Waals surface area contributed by atoms with Gasteiger partial charge in [-0.3, -0.25) is 4.98 Å². The van der Waals surface area contributed by atoms with Crippen molar-refractivity contribution >= 4 is 5.69 Å². The van der Waals surface area contributed by atoms with Crippen LogP contribution in [0.2, 0.25) is 0 Å². The summed E-state index contributed by atoms with van der Waals surface area (Å²) in [6, 6.07) is 16.0. The van der Waals surface area contributed by atoms with Crippen molar-refractivity contribution in [1.82, 2.24) is 15.3 Å². The van der Waals surface area contributed by atoms with Crippen LogP contribution in [0.3, 0.4) is 0 Å². The van der Waals surface area contributed by atoms with E-state index in [1.807, 2.05) is 49.6 Å². The molecule has 1 atom stereocenters.